The second-order valence-electron chi connectivity index (χ2n) is 10.2. The minimum absolute atomic E-state index is 0.0256. The number of hydrogen-bond acceptors (Lipinski definition) is 3. The summed E-state index contributed by atoms with van der Waals surface area (Å²) >= 11 is 0. The number of rotatable bonds is 7. The molecule has 31 heavy (non-hydrogen) atoms. The maximum absolute atomic E-state index is 13.9. The Morgan fingerprint density at radius 2 is 1.61 bits per heavy atom. The van der Waals surface area contributed by atoms with Gasteiger partial charge in [-0.3, -0.25) is 9.59 Å². The molecule has 3 rings (SSSR count). The van der Waals surface area contributed by atoms with E-state index in [1.54, 1.807) is 18.2 Å². The van der Waals surface area contributed by atoms with Crippen LogP contribution in [0.1, 0.15) is 72.1 Å². The van der Waals surface area contributed by atoms with Crippen molar-refractivity contribution in [1.29, 1.82) is 0 Å². The molecule has 172 valence electrons. The number of benzene rings is 1. The Morgan fingerprint density at radius 1 is 1.00 bits per heavy atom. The van der Waals surface area contributed by atoms with Gasteiger partial charge in [-0.1, -0.05) is 45.7 Å². The van der Waals surface area contributed by atoms with E-state index in [1.165, 1.54) is 6.07 Å². The molecule has 1 aromatic rings. The van der Waals surface area contributed by atoms with Crippen molar-refractivity contribution in [3.05, 3.63) is 30.1 Å². The molecule has 1 unspecified atom stereocenters. The van der Waals surface area contributed by atoms with Crippen LogP contribution in [0.5, 0.6) is 5.75 Å². The first-order chi connectivity index (χ1) is 14.7. The molecule has 0 radical (unpaired) electrons. The Kier molecular flexibility index (Phi) is 7.95. The van der Waals surface area contributed by atoms with Crippen molar-refractivity contribution >= 4 is 11.8 Å². The van der Waals surface area contributed by atoms with Crippen LogP contribution in [0.15, 0.2) is 24.3 Å². The van der Waals surface area contributed by atoms with Crippen molar-refractivity contribution in [2.45, 2.75) is 84.2 Å². The molecule has 1 aromatic carbocycles. The van der Waals surface area contributed by atoms with Crippen molar-refractivity contribution in [2.75, 3.05) is 6.61 Å². The van der Waals surface area contributed by atoms with E-state index in [4.69, 9.17) is 4.74 Å². The molecule has 2 saturated carbocycles. The maximum atomic E-state index is 13.9. The van der Waals surface area contributed by atoms with Crippen molar-refractivity contribution in [2.24, 2.45) is 17.3 Å². The van der Waals surface area contributed by atoms with Gasteiger partial charge in [0.05, 0.1) is 6.04 Å². The second-order valence-corrected chi connectivity index (χ2v) is 10.2. The normalized spacial score (nSPS) is 23.2. The zero-order valence-electron chi connectivity index (χ0n) is 19.1. The van der Waals surface area contributed by atoms with Gasteiger partial charge in [-0.25, -0.2) is 4.39 Å². The van der Waals surface area contributed by atoms with Crippen LogP contribution in [-0.2, 0) is 9.59 Å². The number of para-hydroxylation sites is 1. The fourth-order valence-corrected chi connectivity index (χ4v) is 4.54. The van der Waals surface area contributed by atoms with Crippen LogP contribution < -0.4 is 15.4 Å². The predicted octanol–water partition coefficient (Wildman–Crippen LogP) is 4.60. The quantitative estimate of drug-likeness (QED) is 0.662. The fourth-order valence-electron chi connectivity index (χ4n) is 4.54. The monoisotopic (exact) mass is 432 g/mol. The maximum Gasteiger partial charge on any atom is 0.223 e. The highest BCUT2D eigenvalue weighted by Crippen LogP contribution is 2.29. The first-order valence-corrected chi connectivity index (χ1v) is 11.7. The predicted molar refractivity (Wildman–Crippen MR) is 119 cm³/mol. The molecule has 2 N–H and O–H groups in total. The first kappa shape index (κ1) is 23.6. The summed E-state index contributed by atoms with van der Waals surface area (Å²) in [6, 6.07) is 6.26. The summed E-state index contributed by atoms with van der Waals surface area (Å²) < 4.78 is 19.6. The molecule has 2 amide bonds. The van der Waals surface area contributed by atoms with Gasteiger partial charge in [0.25, 0.3) is 0 Å². The highest BCUT2D eigenvalue weighted by atomic mass is 19.1. The largest absolute Gasteiger partial charge is 0.488 e. The van der Waals surface area contributed by atoms with Gasteiger partial charge < -0.3 is 15.4 Å². The Morgan fingerprint density at radius 3 is 2.23 bits per heavy atom. The van der Waals surface area contributed by atoms with Gasteiger partial charge in [0.1, 0.15) is 6.61 Å². The van der Waals surface area contributed by atoms with E-state index in [2.05, 4.69) is 10.6 Å². The van der Waals surface area contributed by atoms with Crippen molar-refractivity contribution < 1.29 is 18.7 Å². The summed E-state index contributed by atoms with van der Waals surface area (Å²) in [5.41, 5.74) is -0.229. The molecule has 0 aromatic heterocycles. The van der Waals surface area contributed by atoms with Crippen LogP contribution in [0.4, 0.5) is 4.39 Å². The lowest BCUT2D eigenvalue weighted by Gasteiger charge is -2.34. The molecule has 2 aliphatic carbocycles. The molecule has 0 spiro atoms. The van der Waals surface area contributed by atoms with Crippen molar-refractivity contribution in [3.63, 3.8) is 0 Å². The average Bonchev–Trinajstić information content (AvgIpc) is 3.27. The number of halogens is 1. The number of amides is 2. The lowest BCUT2D eigenvalue weighted by atomic mass is 9.83. The van der Waals surface area contributed by atoms with E-state index in [0.29, 0.717) is 0 Å². The third kappa shape index (κ3) is 6.68. The van der Waals surface area contributed by atoms with E-state index in [9.17, 15) is 14.0 Å². The topological polar surface area (TPSA) is 67.4 Å². The van der Waals surface area contributed by atoms with Gasteiger partial charge in [0.2, 0.25) is 11.8 Å². The molecule has 0 bridgehead atoms. The molecule has 0 heterocycles. The third-order valence-corrected chi connectivity index (χ3v) is 6.77. The zero-order chi connectivity index (χ0) is 22.4. The molecule has 0 saturated heterocycles. The van der Waals surface area contributed by atoms with Gasteiger partial charge >= 0.3 is 0 Å². The Bertz CT molecular complexity index is 747. The first-order valence-electron chi connectivity index (χ1n) is 11.7. The van der Waals surface area contributed by atoms with E-state index >= 15 is 0 Å². The lowest BCUT2D eigenvalue weighted by Crippen LogP contribution is -2.50. The molecular weight excluding hydrogens is 395 g/mol. The average molecular weight is 433 g/mol. The molecule has 1 atom stereocenters. The van der Waals surface area contributed by atoms with E-state index < -0.39 is 5.82 Å². The Labute approximate surface area is 185 Å². The van der Waals surface area contributed by atoms with E-state index in [0.717, 1.165) is 51.4 Å². The highest BCUT2D eigenvalue weighted by molar-refractivity contribution is 5.80. The molecule has 6 heteroatoms. The highest BCUT2D eigenvalue weighted by Gasteiger charge is 2.33. The van der Waals surface area contributed by atoms with Gasteiger partial charge in [0, 0.05) is 17.9 Å². The lowest BCUT2D eigenvalue weighted by molar-refractivity contribution is -0.128. The number of carbonyl (C=O) groups is 2. The minimum Gasteiger partial charge on any atom is -0.488 e. The smallest absolute Gasteiger partial charge is 0.223 e. The summed E-state index contributed by atoms with van der Waals surface area (Å²) in [6.45, 7) is 6.33. The van der Waals surface area contributed by atoms with Gasteiger partial charge in [-0.15, -0.1) is 0 Å². The van der Waals surface area contributed by atoms with Crippen LogP contribution in [0.2, 0.25) is 0 Å². The number of carbonyl (C=O) groups excluding carboxylic acids is 2. The molecular formula is C25H37FN2O3. The Balaban J connectivity index is 1.48. The zero-order valence-corrected chi connectivity index (χ0v) is 19.1. The fraction of sp³-hybridized carbons (Fsp3) is 0.680. The minimum atomic E-state index is -0.403. The number of ether oxygens (including phenoxy) is 1. The van der Waals surface area contributed by atoms with Gasteiger partial charge in [-0.2, -0.15) is 0 Å². The number of nitrogens with one attached hydrogen (secondary N) is 2. The van der Waals surface area contributed by atoms with Crippen LogP contribution in [0.3, 0.4) is 0 Å². The Hall–Kier alpha value is -2.11. The molecule has 5 nitrogen and oxygen atoms in total. The molecule has 2 fully saturated rings. The van der Waals surface area contributed by atoms with Gasteiger partial charge in [-0.05, 0) is 56.1 Å². The van der Waals surface area contributed by atoms with Crippen molar-refractivity contribution in [3.8, 4) is 5.75 Å². The van der Waals surface area contributed by atoms with Crippen LogP contribution in [0, 0.1) is 23.1 Å². The summed E-state index contributed by atoms with van der Waals surface area (Å²) in [5.74, 6) is 0.144. The molecule has 2 aliphatic rings. The summed E-state index contributed by atoms with van der Waals surface area (Å²) in [5, 5.41) is 6.35. The standard InChI is InChI=1S/C25H37FN2O3/c1-25(2,3)22(16-31-21-11-7-6-10-20(21)26)28-24(30)18-12-14-19(15-13-18)27-23(29)17-8-4-5-9-17/h6-7,10-11,17-19,22H,4-5,8-9,12-16H2,1-3H3,(H,27,29)(H,28,30). The van der Waals surface area contributed by atoms with E-state index in [-0.39, 0.29) is 53.5 Å². The van der Waals surface area contributed by atoms with E-state index in [1.807, 2.05) is 20.8 Å². The summed E-state index contributed by atoms with van der Waals surface area (Å²) in [7, 11) is 0. The number of hydrogen-bond donors (Lipinski definition) is 2. The van der Waals surface area contributed by atoms with Crippen LogP contribution >= 0.6 is 0 Å². The SMILES string of the molecule is CC(C)(C)C(COc1ccccc1F)NC(=O)C1CCC(NC(=O)C2CCCC2)CC1. The van der Waals surface area contributed by atoms with Crippen LogP contribution in [0.25, 0.3) is 0 Å². The van der Waals surface area contributed by atoms with Crippen molar-refractivity contribution in [1.82, 2.24) is 10.6 Å². The van der Waals surface area contributed by atoms with Crippen LogP contribution in [-0.4, -0.2) is 30.5 Å². The summed E-state index contributed by atoms with van der Waals surface area (Å²) in [6.07, 6.45) is 7.53. The third-order valence-electron chi connectivity index (χ3n) is 6.77. The second kappa shape index (κ2) is 10.5. The van der Waals surface area contributed by atoms with Gasteiger partial charge in [0.15, 0.2) is 11.6 Å². The molecule has 0 aliphatic heterocycles. The summed E-state index contributed by atoms with van der Waals surface area (Å²) in [4.78, 5) is 25.3.